The quantitative estimate of drug-likeness (QED) is 0.763. The fourth-order valence-corrected chi connectivity index (χ4v) is 2.52. The number of nitrogens with zero attached hydrogens (tertiary/aromatic N) is 3. The highest BCUT2D eigenvalue weighted by molar-refractivity contribution is 9.10. The van der Waals surface area contributed by atoms with Crippen molar-refractivity contribution in [3.05, 3.63) is 63.7 Å². The Bertz CT molecular complexity index is 909. The maximum Gasteiger partial charge on any atom is 0.261 e. The van der Waals surface area contributed by atoms with E-state index in [0.717, 1.165) is 4.47 Å². The molecule has 7 heteroatoms. The van der Waals surface area contributed by atoms with Crippen molar-refractivity contribution in [1.82, 2.24) is 14.5 Å². The lowest BCUT2D eigenvalue weighted by molar-refractivity contribution is -0.116. The third kappa shape index (κ3) is 3.62. The van der Waals surface area contributed by atoms with Gasteiger partial charge >= 0.3 is 0 Å². The van der Waals surface area contributed by atoms with E-state index in [1.807, 2.05) is 6.07 Å². The molecule has 0 saturated carbocycles. The van der Waals surface area contributed by atoms with E-state index >= 15 is 0 Å². The molecule has 0 radical (unpaired) electrons. The van der Waals surface area contributed by atoms with Crippen molar-refractivity contribution >= 4 is 38.6 Å². The number of benzene rings is 1. The summed E-state index contributed by atoms with van der Waals surface area (Å²) < 4.78 is 2.25. The molecule has 0 aliphatic carbocycles. The first-order valence-electron chi connectivity index (χ1n) is 6.99. The van der Waals surface area contributed by atoms with Gasteiger partial charge in [0.15, 0.2) is 0 Å². The lowest BCUT2D eigenvalue weighted by Crippen LogP contribution is -2.23. The minimum Gasteiger partial charge on any atom is -0.311 e. The van der Waals surface area contributed by atoms with Crippen molar-refractivity contribution in [2.45, 2.75) is 13.0 Å². The molecule has 2 aromatic heterocycles. The highest BCUT2D eigenvalue weighted by Crippen LogP contribution is 2.14. The summed E-state index contributed by atoms with van der Waals surface area (Å²) in [6.07, 6.45) is 3.23. The Kier molecular flexibility index (Phi) is 4.47. The van der Waals surface area contributed by atoms with Crippen molar-refractivity contribution in [3.63, 3.8) is 0 Å². The molecule has 2 heterocycles. The molecular weight excluding hydrogens is 360 g/mol. The number of hydrogen-bond donors (Lipinski definition) is 1. The molecule has 3 rings (SSSR count). The van der Waals surface area contributed by atoms with E-state index in [2.05, 4.69) is 31.2 Å². The van der Waals surface area contributed by atoms with Gasteiger partial charge in [0.1, 0.15) is 5.82 Å². The molecule has 1 amide bonds. The second kappa shape index (κ2) is 6.70. The molecule has 0 aliphatic heterocycles. The Balaban J connectivity index is 1.73. The van der Waals surface area contributed by atoms with Crippen LogP contribution in [0.5, 0.6) is 0 Å². The number of pyridine rings is 1. The van der Waals surface area contributed by atoms with Crippen molar-refractivity contribution in [2.75, 3.05) is 5.32 Å². The summed E-state index contributed by atoms with van der Waals surface area (Å²) in [4.78, 5) is 32.6. The highest BCUT2D eigenvalue weighted by Gasteiger charge is 2.07. The van der Waals surface area contributed by atoms with Crippen molar-refractivity contribution < 1.29 is 4.79 Å². The number of amides is 1. The van der Waals surface area contributed by atoms with E-state index in [0.29, 0.717) is 16.7 Å². The van der Waals surface area contributed by atoms with Gasteiger partial charge in [0.05, 0.1) is 17.2 Å². The van der Waals surface area contributed by atoms with Crippen LogP contribution in [0.2, 0.25) is 0 Å². The molecule has 0 unspecified atom stereocenters. The third-order valence-electron chi connectivity index (χ3n) is 3.30. The largest absolute Gasteiger partial charge is 0.311 e. The summed E-state index contributed by atoms with van der Waals surface area (Å²) in [5.41, 5.74) is 0.467. The van der Waals surface area contributed by atoms with E-state index in [1.165, 1.54) is 10.9 Å². The van der Waals surface area contributed by atoms with Gasteiger partial charge in [0, 0.05) is 23.6 Å². The number of anilines is 1. The molecule has 0 spiro atoms. The molecule has 0 fully saturated rings. The number of carbonyl (C=O) groups is 1. The van der Waals surface area contributed by atoms with Gasteiger partial charge in [0.25, 0.3) is 5.56 Å². The van der Waals surface area contributed by atoms with Gasteiger partial charge in [0.2, 0.25) is 5.91 Å². The van der Waals surface area contributed by atoms with Crippen LogP contribution in [0.4, 0.5) is 5.82 Å². The van der Waals surface area contributed by atoms with Gasteiger partial charge in [-0.05, 0) is 30.3 Å². The predicted octanol–water partition coefficient (Wildman–Crippen LogP) is 2.58. The average Bonchev–Trinajstić information content (AvgIpc) is 2.56. The first-order chi connectivity index (χ1) is 11.1. The van der Waals surface area contributed by atoms with E-state index in [1.54, 1.807) is 36.5 Å². The minimum atomic E-state index is -0.204. The molecule has 1 aromatic carbocycles. The smallest absolute Gasteiger partial charge is 0.261 e. The number of carbonyl (C=O) groups excluding carboxylic acids is 1. The zero-order valence-corrected chi connectivity index (χ0v) is 13.7. The van der Waals surface area contributed by atoms with Crippen LogP contribution in [0.25, 0.3) is 10.9 Å². The zero-order valence-electron chi connectivity index (χ0n) is 12.1. The summed E-state index contributed by atoms with van der Waals surface area (Å²) in [7, 11) is 0. The normalized spacial score (nSPS) is 10.7. The second-order valence-corrected chi connectivity index (χ2v) is 5.83. The monoisotopic (exact) mass is 372 g/mol. The summed E-state index contributed by atoms with van der Waals surface area (Å²) >= 11 is 3.34. The van der Waals surface area contributed by atoms with Gasteiger partial charge in [-0.3, -0.25) is 14.2 Å². The van der Waals surface area contributed by atoms with Crippen LogP contribution in [0.1, 0.15) is 6.42 Å². The molecule has 23 heavy (non-hydrogen) atoms. The van der Waals surface area contributed by atoms with Crippen molar-refractivity contribution in [1.29, 1.82) is 0 Å². The predicted molar refractivity (Wildman–Crippen MR) is 91.2 cm³/mol. The van der Waals surface area contributed by atoms with E-state index in [9.17, 15) is 9.59 Å². The van der Waals surface area contributed by atoms with Crippen LogP contribution in [0.3, 0.4) is 0 Å². The summed E-state index contributed by atoms with van der Waals surface area (Å²) in [5, 5.41) is 3.20. The number of halogens is 1. The summed E-state index contributed by atoms with van der Waals surface area (Å²) in [5.74, 6) is 0.287. The highest BCUT2D eigenvalue weighted by atomic mass is 79.9. The van der Waals surface area contributed by atoms with Crippen LogP contribution >= 0.6 is 15.9 Å². The number of nitrogens with one attached hydrogen (secondary N) is 1. The number of aryl methyl sites for hydroxylation is 1. The van der Waals surface area contributed by atoms with Gasteiger partial charge in [-0.25, -0.2) is 9.97 Å². The molecule has 6 nitrogen and oxygen atoms in total. The fraction of sp³-hybridized carbons (Fsp3) is 0.125. The molecule has 1 N–H and O–H groups in total. The lowest BCUT2D eigenvalue weighted by atomic mass is 10.2. The van der Waals surface area contributed by atoms with Crippen LogP contribution in [-0.4, -0.2) is 20.4 Å². The SMILES string of the molecule is O=C(CCn1cnc2ccc(Br)cc2c1=O)Nc1ccccn1. The number of hydrogen-bond acceptors (Lipinski definition) is 4. The maximum atomic E-state index is 12.4. The van der Waals surface area contributed by atoms with E-state index < -0.39 is 0 Å². The molecule has 116 valence electrons. The summed E-state index contributed by atoms with van der Waals surface area (Å²) in [6.45, 7) is 0.257. The second-order valence-electron chi connectivity index (χ2n) is 4.92. The van der Waals surface area contributed by atoms with E-state index in [-0.39, 0.29) is 24.4 Å². The van der Waals surface area contributed by atoms with Gasteiger partial charge in [-0.15, -0.1) is 0 Å². The molecular formula is C16H13BrN4O2. The number of rotatable bonds is 4. The van der Waals surface area contributed by atoms with Crippen LogP contribution in [0, 0.1) is 0 Å². The number of aromatic nitrogens is 3. The topological polar surface area (TPSA) is 76.9 Å². The molecule has 0 saturated heterocycles. The molecule has 0 atom stereocenters. The Morgan fingerprint density at radius 2 is 2.09 bits per heavy atom. The standard InChI is InChI=1S/C16H13BrN4O2/c17-11-4-5-13-12(9-11)16(23)21(10-19-13)8-6-15(22)20-14-3-1-2-7-18-14/h1-5,7,9-10H,6,8H2,(H,18,20,22). The minimum absolute atomic E-state index is 0.164. The Hall–Kier alpha value is -2.54. The maximum absolute atomic E-state index is 12.4. The fourth-order valence-electron chi connectivity index (χ4n) is 2.15. The van der Waals surface area contributed by atoms with E-state index in [4.69, 9.17) is 0 Å². The first kappa shape index (κ1) is 15.4. The Morgan fingerprint density at radius 3 is 2.87 bits per heavy atom. The van der Waals surface area contributed by atoms with Crippen LogP contribution < -0.4 is 10.9 Å². The molecule has 0 aliphatic rings. The Morgan fingerprint density at radius 1 is 1.22 bits per heavy atom. The average molecular weight is 373 g/mol. The number of fused-ring (bicyclic) bond motifs is 1. The first-order valence-corrected chi connectivity index (χ1v) is 7.78. The van der Waals surface area contributed by atoms with Crippen molar-refractivity contribution in [2.24, 2.45) is 0 Å². The Labute approximate surface area is 140 Å². The van der Waals surface area contributed by atoms with Crippen molar-refractivity contribution in [3.8, 4) is 0 Å². The molecule has 3 aromatic rings. The third-order valence-corrected chi connectivity index (χ3v) is 3.79. The van der Waals surface area contributed by atoms with Gasteiger partial charge < -0.3 is 5.32 Å². The van der Waals surface area contributed by atoms with Gasteiger partial charge in [-0.1, -0.05) is 22.0 Å². The zero-order chi connectivity index (χ0) is 16.2. The van der Waals surface area contributed by atoms with Crippen LogP contribution in [-0.2, 0) is 11.3 Å². The van der Waals surface area contributed by atoms with Gasteiger partial charge in [-0.2, -0.15) is 0 Å². The summed E-state index contributed by atoms with van der Waals surface area (Å²) in [6, 6.07) is 10.6. The molecule has 0 bridgehead atoms. The van der Waals surface area contributed by atoms with Crippen LogP contribution in [0.15, 0.2) is 58.2 Å². The lowest BCUT2D eigenvalue weighted by Gasteiger charge is -2.07.